The highest BCUT2D eigenvalue weighted by molar-refractivity contribution is 5.96. The minimum absolute atomic E-state index is 0.0524. The highest BCUT2D eigenvalue weighted by Gasteiger charge is 2.34. The number of aryl methyl sites for hydroxylation is 1. The van der Waals surface area contributed by atoms with Crippen LogP contribution in [0.4, 0.5) is 10.1 Å². The first-order valence-corrected chi connectivity index (χ1v) is 9.68. The summed E-state index contributed by atoms with van der Waals surface area (Å²) >= 11 is 0. The third kappa shape index (κ3) is 3.46. The number of rotatable bonds is 6. The van der Waals surface area contributed by atoms with Gasteiger partial charge < -0.3 is 9.47 Å². The SMILES string of the molecule is CCCCCn1c([C@@H]2CC(=O)N(c3ccc(F)cc3)C2)nc2ccccc21. The number of hydrogen-bond donors (Lipinski definition) is 0. The van der Waals surface area contributed by atoms with Crippen molar-refractivity contribution in [1.82, 2.24) is 9.55 Å². The molecule has 3 aromatic rings. The van der Waals surface area contributed by atoms with E-state index < -0.39 is 0 Å². The molecular formula is C22H24FN3O. The first-order chi connectivity index (χ1) is 13.2. The number of carbonyl (C=O) groups excluding carboxylic acids is 1. The van der Waals surface area contributed by atoms with Gasteiger partial charge in [0.25, 0.3) is 0 Å². The van der Waals surface area contributed by atoms with Gasteiger partial charge >= 0.3 is 0 Å². The molecule has 1 fully saturated rings. The largest absolute Gasteiger partial charge is 0.328 e. The maximum absolute atomic E-state index is 13.2. The Morgan fingerprint density at radius 1 is 1.11 bits per heavy atom. The molecule has 0 N–H and O–H groups in total. The van der Waals surface area contributed by atoms with Crippen molar-refractivity contribution in [3.05, 3.63) is 60.2 Å². The zero-order valence-corrected chi connectivity index (χ0v) is 15.6. The molecule has 4 nitrogen and oxygen atoms in total. The van der Waals surface area contributed by atoms with Crippen LogP contribution in [-0.2, 0) is 11.3 Å². The summed E-state index contributed by atoms with van der Waals surface area (Å²) in [6.07, 6.45) is 3.89. The first kappa shape index (κ1) is 17.7. The second kappa shape index (κ2) is 7.51. The molecule has 1 aliphatic rings. The molecule has 1 aromatic heterocycles. The molecule has 2 heterocycles. The van der Waals surface area contributed by atoms with Crippen molar-refractivity contribution in [2.45, 2.75) is 45.1 Å². The second-order valence-corrected chi connectivity index (χ2v) is 7.20. The maximum Gasteiger partial charge on any atom is 0.227 e. The minimum atomic E-state index is -0.292. The zero-order valence-electron chi connectivity index (χ0n) is 15.6. The smallest absolute Gasteiger partial charge is 0.227 e. The average molecular weight is 365 g/mol. The van der Waals surface area contributed by atoms with Crippen LogP contribution >= 0.6 is 0 Å². The van der Waals surface area contributed by atoms with Crippen LogP contribution in [0.25, 0.3) is 11.0 Å². The van der Waals surface area contributed by atoms with Gasteiger partial charge in [0.15, 0.2) is 0 Å². The summed E-state index contributed by atoms with van der Waals surface area (Å²) in [5, 5.41) is 0. The predicted octanol–water partition coefficient (Wildman–Crippen LogP) is 4.89. The number of amides is 1. The lowest BCUT2D eigenvalue weighted by atomic mass is 10.1. The topological polar surface area (TPSA) is 38.1 Å². The highest BCUT2D eigenvalue weighted by Crippen LogP contribution is 2.33. The molecule has 1 aliphatic heterocycles. The number of anilines is 1. The number of fused-ring (bicyclic) bond motifs is 1. The summed E-state index contributed by atoms with van der Waals surface area (Å²) in [6.45, 7) is 3.70. The summed E-state index contributed by atoms with van der Waals surface area (Å²) in [5.41, 5.74) is 2.87. The van der Waals surface area contributed by atoms with E-state index in [2.05, 4.69) is 17.6 Å². The minimum Gasteiger partial charge on any atom is -0.328 e. The van der Waals surface area contributed by atoms with Crippen LogP contribution in [0, 0.1) is 5.82 Å². The molecule has 0 unspecified atom stereocenters. The van der Waals surface area contributed by atoms with Crippen molar-refractivity contribution in [2.24, 2.45) is 0 Å². The van der Waals surface area contributed by atoms with Gasteiger partial charge in [0.2, 0.25) is 5.91 Å². The molecule has 5 heteroatoms. The zero-order chi connectivity index (χ0) is 18.8. The van der Waals surface area contributed by atoms with Crippen LogP contribution in [0.1, 0.15) is 44.3 Å². The molecule has 2 aromatic carbocycles. The molecule has 1 amide bonds. The van der Waals surface area contributed by atoms with Gasteiger partial charge in [-0.15, -0.1) is 0 Å². The molecule has 0 radical (unpaired) electrons. The molecule has 0 aliphatic carbocycles. The molecule has 27 heavy (non-hydrogen) atoms. The maximum atomic E-state index is 13.2. The summed E-state index contributed by atoms with van der Waals surface area (Å²) in [6, 6.07) is 14.3. The second-order valence-electron chi connectivity index (χ2n) is 7.20. The quantitative estimate of drug-likeness (QED) is 0.584. The fourth-order valence-electron chi connectivity index (χ4n) is 3.91. The summed E-state index contributed by atoms with van der Waals surface area (Å²) in [5.74, 6) is 0.820. The summed E-state index contributed by atoms with van der Waals surface area (Å²) in [7, 11) is 0. The fourth-order valence-corrected chi connectivity index (χ4v) is 3.91. The number of unbranched alkanes of at least 4 members (excludes halogenated alkanes) is 2. The predicted molar refractivity (Wildman–Crippen MR) is 105 cm³/mol. The van der Waals surface area contributed by atoms with Gasteiger partial charge in [0.05, 0.1) is 11.0 Å². The summed E-state index contributed by atoms with van der Waals surface area (Å²) < 4.78 is 15.5. The van der Waals surface area contributed by atoms with E-state index in [1.54, 1.807) is 17.0 Å². The molecule has 4 rings (SSSR count). The van der Waals surface area contributed by atoms with Crippen LogP contribution in [0.15, 0.2) is 48.5 Å². The third-order valence-electron chi connectivity index (χ3n) is 5.30. The van der Waals surface area contributed by atoms with Gasteiger partial charge in [-0.1, -0.05) is 31.9 Å². The first-order valence-electron chi connectivity index (χ1n) is 9.68. The molecule has 0 saturated carbocycles. The Kier molecular flexibility index (Phi) is 4.92. The Balaban J connectivity index is 1.64. The molecule has 0 bridgehead atoms. The van der Waals surface area contributed by atoms with E-state index in [1.165, 1.54) is 25.0 Å². The van der Waals surface area contributed by atoms with Gasteiger partial charge in [0, 0.05) is 31.1 Å². The number of imidazole rings is 1. The lowest BCUT2D eigenvalue weighted by molar-refractivity contribution is -0.117. The van der Waals surface area contributed by atoms with Crippen LogP contribution in [0.2, 0.25) is 0 Å². The van der Waals surface area contributed by atoms with E-state index in [1.807, 2.05) is 18.2 Å². The fraction of sp³-hybridized carbons (Fsp3) is 0.364. The van der Waals surface area contributed by atoms with E-state index >= 15 is 0 Å². The van der Waals surface area contributed by atoms with Crippen LogP contribution in [0.3, 0.4) is 0 Å². The number of carbonyl (C=O) groups is 1. The molecule has 140 valence electrons. The summed E-state index contributed by atoms with van der Waals surface area (Å²) in [4.78, 5) is 19.2. The average Bonchev–Trinajstić information content (AvgIpc) is 3.24. The molecule has 0 spiro atoms. The van der Waals surface area contributed by atoms with Crippen molar-refractivity contribution in [1.29, 1.82) is 0 Å². The lowest BCUT2D eigenvalue weighted by Gasteiger charge is -2.17. The Labute approximate surface area is 158 Å². The molecular weight excluding hydrogens is 341 g/mol. The normalized spacial score (nSPS) is 17.2. The number of halogens is 1. The molecule has 1 atom stereocenters. The van der Waals surface area contributed by atoms with Crippen LogP contribution in [0.5, 0.6) is 0 Å². The van der Waals surface area contributed by atoms with Crippen molar-refractivity contribution in [2.75, 3.05) is 11.4 Å². The molecule has 1 saturated heterocycles. The van der Waals surface area contributed by atoms with Gasteiger partial charge in [0.1, 0.15) is 11.6 Å². The Morgan fingerprint density at radius 2 is 1.89 bits per heavy atom. The standard InChI is InChI=1S/C22H24FN3O/c1-2-3-6-13-25-20-8-5-4-7-19(20)24-22(25)16-14-21(27)26(15-16)18-11-9-17(23)10-12-18/h4-5,7-12,16H,2-3,6,13-15H2,1H3/t16-/m1/s1. The number of hydrogen-bond acceptors (Lipinski definition) is 2. The highest BCUT2D eigenvalue weighted by atomic mass is 19.1. The van der Waals surface area contributed by atoms with Crippen molar-refractivity contribution < 1.29 is 9.18 Å². The Morgan fingerprint density at radius 3 is 2.67 bits per heavy atom. The van der Waals surface area contributed by atoms with E-state index in [-0.39, 0.29) is 17.6 Å². The van der Waals surface area contributed by atoms with E-state index in [9.17, 15) is 9.18 Å². The van der Waals surface area contributed by atoms with Gasteiger partial charge in [-0.05, 0) is 42.8 Å². The third-order valence-corrected chi connectivity index (χ3v) is 5.30. The Bertz CT molecular complexity index is 948. The Hall–Kier alpha value is -2.69. The monoisotopic (exact) mass is 365 g/mol. The lowest BCUT2D eigenvalue weighted by Crippen LogP contribution is -2.24. The number of nitrogens with zero attached hydrogens (tertiary/aromatic N) is 3. The van der Waals surface area contributed by atoms with Gasteiger partial charge in [-0.2, -0.15) is 0 Å². The van der Waals surface area contributed by atoms with E-state index in [0.717, 1.165) is 35.5 Å². The van der Waals surface area contributed by atoms with E-state index in [4.69, 9.17) is 4.98 Å². The number of para-hydroxylation sites is 2. The van der Waals surface area contributed by atoms with Crippen molar-refractivity contribution >= 4 is 22.6 Å². The van der Waals surface area contributed by atoms with Crippen LogP contribution in [-0.4, -0.2) is 22.0 Å². The van der Waals surface area contributed by atoms with Gasteiger partial charge in [-0.25, -0.2) is 9.37 Å². The van der Waals surface area contributed by atoms with Gasteiger partial charge in [-0.3, -0.25) is 4.79 Å². The number of benzene rings is 2. The van der Waals surface area contributed by atoms with Crippen LogP contribution < -0.4 is 4.90 Å². The van der Waals surface area contributed by atoms with Crippen molar-refractivity contribution in [3.63, 3.8) is 0 Å². The number of aromatic nitrogens is 2. The van der Waals surface area contributed by atoms with E-state index in [0.29, 0.717) is 13.0 Å². The van der Waals surface area contributed by atoms with Crippen molar-refractivity contribution in [3.8, 4) is 0 Å².